The van der Waals surface area contributed by atoms with Crippen LogP contribution >= 0.6 is 0 Å². The monoisotopic (exact) mass is 303 g/mol. The molecule has 0 radical (unpaired) electrons. The van der Waals surface area contributed by atoms with E-state index in [2.05, 4.69) is 14.9 Å². The Hall–Kier alpha value is -2.96. The maximum absolute atomic E-state index is 13.8. The van der Waals surface area contributed by atoms with E-state index in [-0.39, 0.29) is 11.1 Å². The molecule has 0 atom stereocenters. The number of carbonyl (C=O) groups is 1. The van der Waals surface area contributed by atoms with Crippen molar-refractivity contribution in [1.29, 1.82) is 0 Å². The van der Waals surface area contributed by atoms with Gasteiger partial charge in [0.25, 0.3) is 0 Å². The molecular weight excluding hydrogens is 292 g/mol. The summed E-state index contributed by atoms with van der Waals surface area (Å²) in [5.41, 5.74) is 6.69. The van der Waals surface area contributed by atoms with Gasteiger partial charge in [-0.2, -0.15) is 5.10 Å². The van der Waals surface area contributed by atoms with E-state index in [1.165, 1.54) is 13.2 Å². The zero-order chi connectivity index (χ0) is 15.9. The molecule has 0 bridgehead atoms. The van der Waals surface area contributed by atoms with Crippen molar-refractivity contribution in [2.45, 2.75) is 0 Å². The summed E-state index contributed by atoms with van der Waals surface area (Å²) >= 11 is 0. The minimum absolute atomic E-state index is 0.226. The normalized spacial score (nSPS) is 10.9. The second-order valence-corrected chi connectivity index (χ2v) is 4.67. The van der Waals surface area contributed by atoms with Crippen LogP contribution in [-0.4, -0.2) is 23.2 Å². The number of nitrogens with two attached hydrogens (primary N) is 1. The van der Waals surface area contributed by atoms with Gasteiger partial charge in [0.1, 0.15) is 5.69 Å². The predicted molar refractivity (Wildman–Crippen MR) is 76.5 cm³/mol. The molecule has 0 unspecified atom stereocenters. The Morgan fingerprint density at radius 2 is 1.91 bits per heavy atom. The topological polar surface area (TPSA) is 81.0 Å². The van der Waals surface area contributed by atoms with Gasteiger partial charge in [0.2, 0.25) is 5.91 Å². The summed E-state index contributed by atoms with van der Waals surface area (Å²) in [6, 6.07) is 6.93. The second-order valence-electron chi connectivity index (χ2n) is 4.67. The molecule has 0 spiro atoms. The Balaban J connectivity index is 2.22. The van der Waals surface area contributed by atoms with Gasteiger partial charge in [-0.3, -0.25) is 9.89 Å². The van der Waals surface area contributed by atoms with Crippen LogP contribution in [0.2, 0.25) is 0 Å². The van der Waals surface area contributed by atoms with Crippen molar-refractivity contribution in [3.63, 3.8) is 0 Å². The van der Waals surface area contributed by atoms with E-state index in [1.807, 2.05) is 0 Å². The van der Waals surface area contributed by atoms with Gasteiger partial charge >= 0.3 is 0 Å². The number of nitrogens with zero attached hydrogens (tertiary/aromatic N) is 1. The highest BCUT2D eigenvalue weighted by Gasteiger charge is 2.16. The molecule has 3 aromatic rings. The van der Waals surface area contributed by atoms with Crippen LogP contribution in [-0.2, 0) is 0 Å². The van der Waals surface area contributed by atoms with E-state index in [0.29, 0.717) is 16.6 Å². The number of amides is 1. The first-order valence-corrected chi connectivity index (χ1v) is 6.32. The molecule has 0 aliphatic carbocycles. The highest BCUT2D eigenvalue weighted by atomic mass is 19.1. The number of carbonyl (C=O) groups excluding carboxylic acids is 1. The third kappa shape index (κ3) is 2.16. The van der Waals surface area contributed by atoms with Crippen molar-refractivity contribution in [1.82, 2.24) is 10.2 Å². The zero-order valence-electron chi connectivity index (χ0n) is 11.5. The fourth-order valence-corrected chi connectivity index (χ4v) is 2.28. The van der Waals surface area contributed by atoms with Gasteiger partial charge < -0.3 is 10.5 Å². The molecule has 7 heteroatoms. The molecule has 112 valence electrons. The highest BCUT2D eigenvalue weighted by Crippen LogP contribution is 2.31. The lowest BCUT2D eigenvalue weighted by molar-refractivity contribution is 0.100. The lowest BCUT2D eigenvalue weighted by Crippen LogP contribution is -2.10. The quantitative estimate of drug-likeness (QED) is 0.780. The van der Waals surface area contributed by atoms with Crippen LogP contribution in [0.3, 0.4) is 0 Å². The van der Waals surface area contributed by atoms with E-state index in [4.69, 9.17) is 5.73 Å². The predicted octanol–water partition coefficient (Wildman–Crippen LogP) is 2.62. The van der Waals surface area contributed by atoms with Crippen LogP contribution in [0.25, 0.3) is 22.2 Å². The number of fused-ring (bicyclic) bond motifs is 1. The summed E-state index contributed by atoms with van der Waals surface area (Å²) in [5.74, 6) is -2.72. The maximum atomic E-state index is 13.8. The first kappa shape index (κ1) is 14.0. The van der Waals surface area contributed by atoms with E-state index in [0.717, 1.165) is 12.1 Å². The summed E-state index contributed by atoms with van der Waals surface area (Å²) in [6.07, 6.45) is 0. The van der Waals surface area contributed by atoms with Crippen molar-refractivity contribution in [3.8, 4) is 17.0 Å². The average Bonchev–Trinajstić information content (AvgIpc) is 2.89. The molecule has 3 rings (SSSR count). The Morgan fingerprint density at radius 1 is 1.23 bits per heavy atom. The van der Waals surface area contributed by atoms with Gasteiger partial charge in [0.05, 0.1) is 12.6 Å². The Labute approximate surface area is 123 Å². The lowest BCUT2D eigenvalue weighted by atomic mass is 10.0. The molecule has 0 fully saturated rings. The number of aromatic amines is 1. The largest absolute Gasteiger partial charge is 0.491 e. The van der Waals surface area contributed by atoms with Gasteiger partial charge in [-0.15, -0.1) is 0 Å². The maximum Gasteiger partial charge on any atom is 0.248 e. The van der Waals surface area contributed by atoms with E-state index in [1.54, 1.807) is 12.1 Å². The molecule has 0 saturated heterocycles. The summed E-state index contributed by atoms with van der Waals surface area (Å²) in [5, 5.41) is 7.34. The standard InChI is InChI=1S/C15H11F2N3O2/c1-22-14-10(16)5-8(6-11(14)17)13-9-4-7(15(18)21)2-3-12(9)19-20-13/h2-6H,1H3,(H2,18,21)(H,19,20). The average molecular weight is 303 g/mol. The number of ether oxygens (including phenoxy) is 1. The minimum atomic E-state index is -0.834. The number of primary amides is 1. The molecule has 1 heterocycles. The third-order valence-corrected chi connectivity index (χ3v) is 3.32. The van der Waals surface area contributed by atoms with Crippen LogP contribution in [0, 0.1) is 11.6 Å². The summed E-state index contributed by atoms with van der Waals surface area (Å²) in [6.45, 7) is 0. The fraction of sp³-hybridized carbons (Fsp3) is 0.0667. The van der Waals surface area contributed by atoms with Gasteiger partial charge in [-0.25, -0.2) is 8.78 Å². The Morgan fingerprint density at radius 3 is 2.50 bits per heavy atom. The van der Waals surface area contributed by atoms with Crippen molar-refractivity contribution in [2.75, 3.05) is 7.11 Å². The number of nitrogens with one attached hydrogen (secondary N) is 1. The van der Waals surface area contributed by atoms with E-state index < -0.39 is 23.3 Å². The molecule has 2 aromatic carbocycles. The summed E-state index contributed by atoms with van der Waals surface area (Å²) < 4.78 is 32.3. The van der Waals surface area contributed by atoms with Crippen molar-refractivity contribution < 1.29 is 18.3 Å². The smallest absolute Gasteiger partial charge is 0.248 e. The van der Waals surface area contributed by atoms with Crippen LogP contribution in [0.5, 0.6) is 5.75 Å². The number of methoxy groups -OCH3 is 1. The molecule has 0 aliphatic rings. The first-order chi connectivity index (χ1) is 10.5. The number of hydrogen-bond donors (Lipinski definition) is 2. The lowest BCUT2D eigenvalue weighted by Gasteiger charge is -2.06. The van der Waals surface area contributed by atoms with Gasteiger partial charge in [-0.05, 0) is 30.3 Å². The minimum Gasteiger partial charge on any atom is -0.491 e. The van der Waals surface area contributed by atoms with E-state index >= 15 is 0 Å². The molecule has 0 aliphatic heterocycles. The second kappa shape index (κ2) is 5.10. The zero-order valence-corrected chi connectivity index (χ0v) is 11.5. The molecule has 3 N–H and O–H groups in total. The Kier molecular flexibility index (Phi) is 3.25. The number of H-pyrrole nitrogens is 1. The van der Waals surface area contributed by atoms with E-state index in [9.17, 15) is 13.6 Å². The van der Waals surface area contributed by atoms with Gasteiger partial charge in [0, 0.05) is 16.5 Å². The Bertz CT molecular complexity index is 867. The van der Waals surface area contributed by atoms with Crippen LogP contribution < -0.4 is 10.5 Å². The third-order valence-electron chi connectivity index (χ3n) is 3.32. The molecular formula is C15H11F2N3O2. The molecule has 22 heavy (non-hydrogen) atoms. The van der Waals surface area contributed by atoms with Crippen molar-refractivity contribution >= 4 is 16.8 Å². The number of rotatable bonds is 3. The van der Waals surface area contributed by atoms with Crippen LogP contribution in [0.15, 0.2) is 30.3 Å². The first-order valence-electron chi connectivity index (χ1n) is 6.32. The number of aromatic nitrogens is 2. The molecule has 0 saturated carbocycles. The van der Waals surface area contributed by atoms with Gasteiger partial charge in [-0.1, -0.05) is 0 Å². The summed E-state index contributed by atoms with van der Waals surface area (Å²) in [4.78, 5) is 11.3. The van der Waals surface area contributed by atoms with Crippen molar-refractivity contribution in [3.05, 3.63) is 47.5 Å². The number of halogens is 2. The SMILES string of the molecule is COc1c(F)cc(-c2n[nH]c3ccc(C(N)=O)cc23)cc1F. The molecule has 1 amide bonds. The number of benzene rings is 2. The van der Waals surface area contributed by atoms with Crippen molar-refractivity contribution in [2.24, 2.45) is 5.73 Å². The molecule has 5 nitrogen and oxygen atoms in total. The summed E-state index contributed by atoms with van der Waals surface area (Å²) in [7, 11) is 1.18. The van der Waals surface area contributed by atoms with Crippen LogP contribution in [0.1, 0.15) is 10.4 Å². The van der Waals surface area contributed by atoms with Gasteiger partial charge in [0.15, 0.2) is 17.4 Å². The highest BCUT2D eigenvalue weighted by molar-refractivity contribution is 6.00. The molecule has 1 aromatic heterocycles. The number of hydrogen-bond acceptors (Lipinski definition) is 3. The fourth-order valence-electron chi connectivity index (χ4n) is 2.28. The van der Waals surface area contributed by atoms with Crippen LogP contribution in [0.4, 0.5) is 8.78 Å².